The fourth-order valence-corrected chi connectivity index (χ4v) is 4.70. The third-order valence-electron chi connectivity index (χ3n) is 3.92. The molecule has 0 spiro atoms. The summed E-state index contributed by atoms with van der Waals surface area (Å²) < 4.78 is 38.2. The summed E-state index contributed by atoms with van der Waals surface area (Å²) in [5, 5.41) is 0. The third-order valence-corrected chi connectivity index (χ3v) is 5.52. The molecule has 0 unspecified atom stereocenters. The molecule has 2 aliphatic rings. The normalized spacial score (nSPS) is 27.4. The Morgan fingerprint density at radius 1 is 1.33 bits per heavy atom. The molecule has 0 aliphatic carbocycles. The molecule has 1 N–H and O–H groups in total. The van der Waals surface area contributed by atoms with Crippen LogP contribution in [0.15, 0.2) is 29.2 Å². The maximum Gasteiger partial charge on any atom is 0.241 e. The Morgan fingerprint density at radius 3 is 2.76 bits per heavy atom. The minimum absolute atomic E-state index is 0.281. The first kappa shape index (κ1) is 14.5. The van der Waals surface area contributed by atoms with Crippen molar-refractivity contribution < 1.29 is 17.9 Å². The van der Waals surface area contributed by atoms with Crippen LogP contribution in [-0.2, 0) is 25.0 Å². The lowest BCUT2D eigenvalue weighted by Crippen LogP contribution is -2.40. The van der Waals surface area contributed by atoms with Crippen molar-refractivity contribution in [1.29, 1.82) is 0 Å². The summed E-state index contributed by atoms with van der Waals surface area (Å²) in [7, 11) is -3.51. The van der Waals surface area contributed by atoms with Gasteiger partial charge in [0.05, 0.1) is 23.6 Å². The van der Waals surface area contributed by atoms with E-state index in [0.29, 0.717) is 37.4 Å². The Hall–Kier alpha value is -1.39. The molecule has 21 heavy (non-hydrogen) atoms. The van der Waals surface area contributed by atoms with Crippen molar-refractivity contribution in [3.05, 3.63) is 29.8 Å². The minimum Gasteiger partial charge on any atom is -0.350 e. The van der Waals surface area contributed by atoms with Gasteiger partial charge in [-0.05, 0) is 18.1 Å². The lowest BCUT2D eigenvalue weighted by molar-refractivity contribution is -0.0516. The van der Waals surface area contributed by atoms with Crippen molar-refractivity contribution >= 4 is 10.0 Å². The molecule has 0 saturated carbocycles. The van der Waals surface area contributed by atoms with Crippen molar-refractivity contribution in [2.45, 2.75) is 36.0 Å². The molecule has 0 aromatic heterocycles. The van der Waals surface area contributed by atoms with Crippen LogP contribution in [0.4, 0.5) is 0 Å². The largest absolute Gasteiger partial charge is 0.350 e. The van der Waals surface area contributed by atoms with E-state index >= 15 is 0 Å². The number of ether oxygens (including phenoxy) is 2. The second-order valence-corrected chi connectivity index (χ2v) is 6.93. The number of hydrogen-bond donors (Lipinski definition) is 1. The van der Waals surface area contributed by atoms with Gasteiger partial charge >= 0.3 is 0 Å². The van der Waals surface area contributed by atoms with Gasteiger partial charge in [-0.2, -0.15) is 4.72 Å². The summed E-state index contributed by atoms with van der Waals surface area (Å²) in [4.78, 5) is 0.313. The van der Waals surface area contributed by atoms with Crippen molar-refractivity contribution in [3.8, 4) is 12.3 Å². The Balaban J connectivity index is 1.93. The van der Waals surface area contributed by atoms with Crippen LogP contribution >= 0.6 is 0 Å². The number of sulfonamides is 1. The van der Waals surface area contributed by atoms with E-state index in [1.165, 1.54) is 0 Å². The van der Waals surface area contributed by atoms with Crippen LogP contribution in [0.25, 0.3) is 0 Å². The zero-order chi connectivity index (χ0) is 14.9. The first-order valence-electron chi connectivity index (χ1n) is 6.88. The van der Waals surface area contributed by atoms with Crippen LogP contribution in [0.5, 0.6) is 0 Å². The van der Waals surface area contributed by atoms with E-state index in [1.807, 2.05) is 12.1 Å². The van der Waals surface area contributed by atoms with Crippen LogP contribution < -0.4 is 4.72 Å². The fraction of sp³-hybridized carbons (Fsp3) is 0.467. The number of rotatable bonds is 4. The molecular weight excluding hydrogens is 290 g/mol. The first-order chi connectivity index (χ1) is 10.1. The minimum atomic E-state index is -3.51. The topological polar surface area (TPSA) is 64.6 Å². The number of hydrogen-bond acceptors (Lipinski definition) is 4. The number of nitrogens with one attached hydrogen (secondary N) is 1. The zero-order valence-corrected chi connectivity index (χ0v) is 12.4. The van der Waals surface area contributed by atoms with Crippen molar-refractivity contribution in [2.24, 2.45) is 0 Å². The maximum absolute atomic E-state index is 12.3. The van der Waals surface area contributed by atoms with E-state index in [-0.39, 0.29) is 6.29 Å². The number of fused-ring (bicyclic) bond motifs is 1. The average molecular weight is 307 g/mol. The van der Waals surface area contributed by atoms with E-state index in [0.717, 1.165) is 5.56 Å². The average Bonchev–Trinajstić information content (AvgIpc) is 3.04. The Morgan fingerprint density at radius 2 is 2.05 bits per heavy atom. The van der Waals surface area contributed by atoms with Gasteiger partial charge in [-0.25, -0.2) is 8.42 Å². The van der Waals surface area contributed by atoms with Crippen molar-refractivity contribution in [3.63, 3.8) is 0 Å². The van der Waals surface area contributed by atoms with Crippen LogP contribution in [0, 0.1) is 12.3 Å². The van der Waals surface area contributed by atoms with Crippen molar-refractivity contribution in [2.75, 3.05) is 13.2 Å². The molecule has 112 valence electrons. The molecule has 3 rings (SSSR count). The van der Waals surface area contributed by atoms with Gasteiger partial charge in [-0.3, -0.25) is 0 Å². The van der Waals surface area contributed by atoms with E-state index in [1.54, 1.807) is 12.1 Å². The smallest absolute Gasteiger partial charge is 0.241 e. The quantitative estimate of drug-likeness (QED) is 0.853. The Kier molecular flexibility index (Phi) is 3.76. The highest BCUT2D eigenvalue weighted by atomic mass is 32.2. The molecule has 5 nitrogen and oxygen atoms in total. The van der Waals surface area contributed by atoms with Gasteiger partial charge in [-0.15, -0.1) is 12.3 Å². The van der Waals surface area contributed by atoms with Gasteiger partial charge in [-0.1, -0.05) is 18.2 Å². The Bertz CT molecular complexity index is 673. The standard InChI is InChI=1S/C15H17NO4S/c1-2-8-15(9-7-14-19-10-11-20-14)12-5-3-4-6-13(12)21(17,18)16-15/h1,3-6,14,16H,7-11H2/t15-/m0/s1. The molecule has 0 radical (unpaired) electrons. The summed E-state index contributed by atoms with van der Waals surface area (Å²) >= 11 is 0. The molecule has 0 amide bonds. The highest BCUT2D eigenvalue weighted by Gasteiger charge is 2.46. The lowest BCUT2D eigenvalue weighted by Gasteiger charge is -2.28. The fourth-order valence-electron chi connectivity index (χ4n) is 2.98. The Labute approximate surface area is 124 Å². The second-order valence-electron chi connectivity index (χ2n) is 5.27. The maximum atomic E-state index is 12.3. The third kappa shape index (κ3) is 2.58. The number of terminal acetylenes is 1. The first-order valence-corrected chi connectivity index (χ1v) is 8.36. The molecule has 1 atom stereocenters. The molecule has 1 aromatic rings. The van der Waals surface area contributed by atoms with E-state index in [4.69, 9.17) is 15.9 Å². The molecule has 1 aromatic carbocycles. The van der Waals surface area contributed by atoms with Crippen LogP contribution in [0.2, 0.25) is 0 Å². The predicted octanol–water partition coefficient (Wildman–Crippen LogP) is 1.35. The predicted molar refractivity (Wildman–Crippen MR) is 76.8 cm³/mol. The molecular formula is C15H17NO4S. The van der Waals surface area contributed by atoms with Crippen molar-refractivity contribution in [1.82, 2.24) is 4.72 Å². The monoisotopic (exact) mass is 307 g/mol. The highest BCUT2D eigenvalue weighted by molar-refractivity contribution is 7.89. The van der Waals surface area contributed by atoms with Gasteiger partial charge in [0.25, 0.3) is 0 Å². The van der Waals surface area contributed by atoms with Gasteiger partial charge < -0.3 is 9.47 Å². The summed E-state index contributed by atoms with van der Waals surface area (Å²) in [6.45, 7) is 1.16. The second kappa shape index (κ2) is 5.43. The van der Waals surface area contributed by atoms with Gasteiger partial charge in [0, 0.05) is 12.8 Å². The lowest BCUT2D eigenvalue weighted by atomic mass is 9.83. The molecule has 1 fully saturated rings. The molecule has 1 saturated heterocycles. The van der Waals surface area contributed by atoms with Gasteiger partial charge in [0.2, 0.25) is 10.0 Å². The summed E-state index contributed by atoms with van der Waals surface area (Å²) in [6.07, 6.45) is 6.63. The SMILES string of the molecule is C#CC[C@@]1(CCC2OCCO2)NS(=O)(=O)c2ccccc21. The van der Waals surface area contributed by atoms with Gasteiger partial charge in [0.1, 0.15) is 0 Å². The number of benzene rings is 1. The zero-order valence-electron chi connectivity index (χ0n) is 11.5. The molecule has 6 heteroatoms. The summed E-state index contributed by atoms with van der Waals surface area (Å²) in [6, 6.07) is 6.97. The summed E-state index contributed by atoms with van der Waals surface area (Å²) in [5.74, 6) is 2.60. The van der Waals surface area contributed by atoms with Crippen LogP contribution in [0.1, 0.15) is 24.8 Å². The van der Waals surface area contributed by atoms with Crippen LogP contribution in [0.3, 0.4) is 0 Å². The van der Waals surface area contributed by atoms with Gasteiger partial charge in [0.15, 0.2) is 6.29 Å². The van der Waals surface area contributed by atoms with E-state index in [2.05, 4.69) is 10.6 Å². The van der Waals surface area contributed by atoms with E-state index in [9.17, 15) is 8.42 Å². The molecule has 0 bridgehead atoms. The van der Waals surface area contributed by atoms with E-state index < -0.39 is 15.6 Å². The summed E-state index contributed by atoms with van der Waals surface area (Å²) in [5.41, 5.74) is -0.0274. The molecule has 2 heterocycles. The van der Waals surface area contributed by atoms with Crippen LogP contribution in [-0.4, -0.2) is 27.9 Å². The highest BCUT2D eigenvalue weighted by Crippen LogP contribution is 2.41. The molecule has 2 aliphatic heterocycles.